The Kier molecular flexibility index (Phi) is 6.60. The molecule has 1 rings (SSSR count). The van der Waals surface area contributed by atoms with E-state index < -0.39 is 22.0 Å². The molecule has 0 aromatic heterocycles. The average molecular weight is 317 g/mol. The lowest BCUT2D eigenvalue weighted by molar-refractivity contribution is -0.138. The molecule has 7 nitrogen and oxygen atoms in total. The quantitative estimate of drug-likeness (QED) is 0.566. The van der Waals surface area contributed by atoms with E-state index in [1.807, 2.05) is 0 Å². The molecular weight excluding hydrogens is 298 g/mol. The van der Waals surface area contributed by atoms with Gasteiger partial charge in [0.2, 0.25) is 10.0 Å². The molecule has 0 fully saturated rings. The molecule has 0 heterocycles. The van der Waals surface area contributed by atoms with Crippen LogP contribution in [-0.4, -0.2) is 50.1 Å². The van der Waals surface area contributed by atoms with Gasteiger partial charge in [-0.15, -0.1) is 0 Å². The number of benzene rings is 1. The van der Waals surface area contributed by atoms with Crippen LogP contribution in [0.25, 0.3) is 0 Å². The Hall–Kier alpha value is -1.64. The molecule has 1 aromatic rings. The molecule has 0 aliphatic heterocycles. The molecule has 0 aliphatic carbocycles. The number of hydrogen-bond donors (Lipinski definition) is 3. The van der Waals surface area contributed by atoms with E-state index in [4.69, 9.17) is 14.9 Å². The normalized spacial score (nSPS) is 13.0. The highest BCUT2D eigenvalue weighted by atomic mass is 32.2. The van der Waals surface area contributed by atoms with E-state index in [1.54, 1.807) is 12.1 Å². The van der Waals surface area contributed by atoms with Crippen molar-refractivity contribution < 1.29 is 28.2 Å². The van der Waals surface area contributed by atoms with Gasteiger partial charge in [-0.1, -0.05) is 12.1 Å². The van der Waals surface area contributed by atoms with Gasteiger partial charge in [0, 0.05) is 13.7 Å². The summed E-state index contributed by atoms with van der Waals surface area (Å²) in [6.07, 6.45) is 0.288. The van der Waals surface area contributed by atoms with Crippen LogP contribution >= 0.6 is 0 Å². The van der Waals surface area contributed by atoms with E-state index in [0.717, 1.165) is 0 Å². The number of methoxy groups -OCH3 is 1. The third-order valence-electron chi connectivity index (χ3n) is 2.76. The first-order chi connectivity index (χ1) is 9.84. The predicted octanol–water partition coefficient (Wildman–Crippen LogP) is 0.344. The van der Waals surface area contributed by atoms with Gasteiger partial charge in [-0.3, -0.25) is 4.79 Å². The van der Waals surface area contributed by atoms with Crippen molar-refractivity contribution in [1.29, 1.82) is 0 Å². The maximum Gasteiger partial charge on any atom is 0.322 e. The van der Waals surface area contributed by atoms with E-state index >= 15 is 0 Å². The summed E-state index contributed by atoms with van der Waals surface area (Å²) in [6.45, 7) is 0.288. The van der Waals surface area contributed by atoms with E-state index in [-0.39, 0.29) is 31.0 Å². The van der Waals surface area contributed by atoms with Crippen LogP contribution in [0.4, 0.5) is 0 Å². The van der Waals surface area contributed by atoms with Crippen LogP contribution < -0.4 is 4.72 Å². The van der Waals surface area contributed by atoms with Crippen molar-refractivity contribution in [2.75, 3.05) is 19.5 Å². The molecule has 118 valence electrons. The fraction of sp³-hybridized carbons (Fsp3) is 0.462. The summed E-state index contributed by atoms with van der Waals surface area (Å²) in [7, 11) is -2.22. The third-order valence-corrected chi connectivity index (χ3v) is 4.23. The summed E-state index contributed by atoms with van der Waals surface area (Å²) in [5.41, 5.74) is 0.611. The number of sulfonamides is 1. The van der Waals surface area contributed by atoms with Gasteiger partial charge < -0.3 is 14.9 Å². The predicted molar refractivity (Wildman–Crippen MR) is 76.7 cm³/mol. The van der Waals surface area contributed by atoms with Gasteiger partial charge >= 0.3 is 5.97 Å². The van der Waals surface area contributed by atoms with Crippen LogP contribution in [0.2, 0.25) is 0 Å². The first kappa shape index (κ1) is 17.4. The van der Waals surface area contributed by atoms with Gasteiger partial charge in [-0.25, -0.2) is 13.1 Å². The molecule has 1 atom stereocenters. The zero-order chi connectivity index (χ0) is 15.9. The van der Waals surface area contributed by atoms with Crippen LogP contribution in [0.3, 0.4) is 0 Å². The Morgan fingerprint density at radius 1 is 1.33 bits per heavy atom. The Bertz CT molecular complexity index is 555. The number of phenolic OH excluding ortho intramolecular Hbond substituents is 1. The third kappa shape index (κ3) is 6.56. The first-order valence-corrected chi connectivity index (χ1v) is 7.99. The molecule has 1 unspecified atom stereocenters. The fourth-order valence-electron chi connectivity index (χ4n) is 1.72. The number of ether oxygens (including phenoxy) is 1. The molecule has 3 N–H and O–H groups in total. The number of rotatable bonds is 9. The average Bonchev–Trinajstić information content (AvgIpc) is 2.40. The van der Waals surface area contributed by atoms with Crippen LogP contribution in [0.15, 0.2) is 24.3 Å². The Labute approximate surface area is 123 Å². The number of carboxylic acid groups (broad SMARTS) is 1. The van der Waals surface area contributed by atoms with Gasteiger partial charge in [-0.2, -0.15) is 0 Å². The molecule has 0 radical (unpaired) electrons. The van der Waals surface area contributed by atoms with Crippen molar-refractivity contribution in [3.63, 3.8) is 0 Å². The highest BCUT2D eigenvalue weighted by molar-refractivity contribution is 7.89. The highest BCUT2D eigenvalue weighted by Crippen LogP contribution is 2.12. The zero-order valence-corrected chi connectivity index (χ0v) is 12.5. The van der Waals surface area contributed by atoms with Gasteiger partial charge in [-0.05, 0) is 30.5 Å². The molecule has 0 saturated heterocycles. The lowest BCUT2D eigenvalue weighted by Gasteiger charge is -2.15. The Morgan fingerprint density at radius 3 is 2.48 bits per heavy atom. The van der Waals surface area contributed by atoms with Crippen LogP contribution in [0, 0.1) is 0 Å². The van der Waals surface area contributed by atoms with Crippen LogP contribution in [0.5, 0.6) is 5.75 Å². The minimum absolute atomic E-state index is 0.000872. The summed E-state index contributed by atoms with van der Waals surface area (Å²) >= 11 is 0. The van der Waals surface area contributed by atoms with Gasteiger partial charge in [0.1, 0.15) is 11.8 Å². The second-order valence-electron chi connectivity index (χ2n) is 4.54. The number of carboxylic acids is 1. The first-order valence-electron chi connectivity index (χ1n) is 6.33. The molecule has 0 spiro atoms. The molecule has 1 aromatic carbocycles. The smallest absolute Gasteiger partial charge is 0.322 e. The van der Waals surface area contributed by atoms with E-state index in [2.05, 4.69) is 4.72 Å². The summed E-state index contributed by atoms with van der Waals surface area (Å²) < 4.78 is 30.5. The number of aliphatic carboxylic acids is 1. The maximum atomic E-state index is 11.8. The standard InChI is InChI=1S/C13H19NO6S/c1-20-7-2-8-21(18,19)14-12(13(16)17)9-10-3-5-11(15)6-4-10/h3-6,12,14-15H,2,7-9H2,1H3,(H,16,17). The molecule has 0 saturated carbocycles. The largest absolute Gasteiger partial charge is 0.508 e. The van der Waals surface area contributed by atoms with Gasteiger partial charge in [0.25, 0.3) is 0 Å². The summed E-state index contributed by atoms with van der Waals surface area (Å²) in [4.78, 5) is 11.2. The lowest BCUT2D eigenvalue weighted by Crippen LogP contribution is -2.43. The lowest BCUT2D eigenvalue weighted by atomic mass is 10.1. The van der Waals surface area contributed by atoms with Crippen molar-refractivity contribution in [3.05, 3.63) is 29.8 Å². The molecule has 21 heavy (non-hydrogen) atoms. The number of carbonyl (C=O) groups is 1. The summed E-state index contributed by atoms with van der Waals surface area (Å²) in [5, 5.41) is 18.3. The fourth-order valence-corrected chi connectivity index (χ4v) is 2.95. The van der Waals surface area contributed by atoms with Crippen molar-refractivity contribution in [1.82, 2.24) is 4.72 Å². The number of phenols is 1. The van der Waals surface area contributed by atoms with Crippen LogP contribution in [-0.2, 0) is 26.0 Å². The van der Waals surface area contributed by atoms with E-state index in [1.165, 1.54) is 19.2 Å². The maximum absolute atomic E-state index is 11.8. The van der Waals surface area contributed by atoms with Gasteiger partial charge in [0.05, 0.1) is 5.75 Å². The number of nitrogens with one attached hydrogen (secondary N) is 1. The molecule has 0 amide bonds. The molecule has 8 heteroatoms. The minimum atomic E-state index is -3.69. The Morgan fingerprint density at radius 2 is 1.95 bits per heavy atom. The van der Waals surface area contributed by atoms with Crippen molar-refractivity contribution >= 4 is 16.0 Å². The molecule has 0 bridgehead atoms. The summed E-state index contributed by atoms with van der Waals surface area (Å²) in [5.74, 6) is -1.38. The molecular formula is C13H19NO6S. The number of hydrogen-bond acceptors (Lipinski definition) is 5. The van der Waals surface area contributed by atoms with E-state index in [0.29, 0.717) is 5.56 Å². The summed E-state index contributed by atoms with van der Waals surface area (Å²) in [6, 6.07) is 4.68. The second-order valence-corrected chi connectivity index (χ2v) is 6.42. The van der Waals surface area contributed by atoms with E-state index in [9.17, 15) is 13.2 Å². The van der Waals surface area contributed by atoms with Crippen molar-refractivity contribution in [3.8, 4) is 5.75 Å². The number of aromatic hydroxyl groups is 1. The highest BCUT2D eigenvalue weighted by Gasteiger charge is 2.24. The second kappa shape index (κ2) is 7.96. The monoisotopic (exact) mass is 317 g/mol. The van der Waals surface area contributed by atoms with Crippen molar-refractivity contribution in [2.24, 2.45) is 0 Å². The minimum Gasteiger partial charge on any atom is -0.508 e. The van der Waals surface area contributed by atoms with Crippen molar-refractivity contribution in [2.45, 2.75) is 18.9 Å². The van der Waals surface area contributed by atoms with Gasteiger partial charge in [0.15, 0.2) is 0 Å². The van der Waals surface area contributed by atoms with Crippen LogP contribution in [0.1, 0.15) is 12.0 Å². The SMILES string of the molecule is COCCCS(=O)(=O)NC(Cc1ccc(O)cc1)C(=O)O. The zero-order valence-electron chi connectivity index (χ0n) is 11.7. The molecule has 0 aliphatic rings. The topological polar surface area (TPSA) is 113 Å². The Balaban J connectivity index is 2.69.